The molecule has 1 aliphatic rings. The molecule has 0 saturated carbocycles. The maximum absolute atomic E-state index is 9.72. The molecule has 7 heteroatoms. The Kier molecular flexibility index (Phi) is 3.74. The molecule has 0 aliphatic carbocycles. The van der Waals surface area contributed by atoms with Gasteiger partial charge < -0.3 is 25.4 Å². The standard InChI is InChI=1S/C11H13N3O4/c12-4-6-2-1-3-13-10(6)14-11-9(17)8(16)7(5-15)18-11/h1-3,7-9,11,15-17H,5H2,(H,13,14)/t7-,8-,9-,11-/m1/s1. The van der Waals surface area contributed by atoms with Crippen molar-refractivity contribution in [3.8, 4) is 6.07 Å². The van der Waals surface area contributed by atoms with Gasteiger partial charge in [-0.05, 0) is 12.1 Å². The summed E-state index contributed by atoms with van der Waals surface area (Å²) < 4.78 is 5.23. The molecule has 0 unspecified atom stereocenters. The molecular weight excluding hydrogens is 238 g/mol. The second kappa shape index (κ2) is 5.29. The van der Waals surface area contributed by atoms with Gasteiger partial charge in [0.15, 0.2) is 6.23 Å². The average molecular weight is 251 g/mol. The number of hydrogen-bond acceptors (Lipinski definition) is 7. The van der Waals surface area contributed by atoms with Crippen LogP contribution in [0, 0.1) is 11.3 Å². The summed E-state index contributed by atoms with van der Waals surface area (Å²) in [6.45, 7) is -0.399. The largest absolute Gasteiger partial charge is 0.394 e. The Morgan fingerprint density at radius 1 is 1.44 bits per heavy atom. The lowest BCUT2D eigenvalue weighted by molar-refractivity contribution is -0.0154. The lowest BCUT2D eigenvalue weighted by atomic mass is 10.1. The van der Waals surface area contributed by atoms with Gasteiger partial charge in [-0.1, -0.05) is 0 Å². The minimum absolute atomic E-state index is 0.259. The first-order valence-corrected chi connectivity index (χ1v) is 5.41. The second-order valence-electron chi connectivity index (χ2n) is 3.91. The molecule has 2 rings (SSSR count). The molecule has 4 N–H and O–H groups in total. The van der Waals surface area contributed by atoms with Gasteiger partial charge in [-0.3, -0.25) is 0 Å². The molecule has 0 radical (unpaired) electrons. The van der Waals surface area contributed by atoms with Crippen LogP contribution >= 0.6 is 0 Å². The number of rotatable bonds is 3. The van der Waals surface area contributed by atoms with E-state index in [1.165, 1.54) is 6.20 Å². The van der Waals surface area contributed by atoms with Crippen molar-refractivity contribution in [1.29, 1.82) is 5.26 Å². The molecule has 0 aromatic carbocycles. The molecule has 1 aromatic rings. The minimum atomic E-state index is -1.20. The Hall–Kier alpha value is -1.72. The molecule has 0 bridgehead atoms. The predicted octanol–water partition coefficient (Wildman–Crippen LogP) is -1.20. The Bertz CT molecular complexity index is 462. The summed E-state index contributed by atoms with van der Waals surface area (Å²) in [4.78, 5) is 3.95. The van der Waals surface area contributed by atoms with E-state index >= 15 is 0 Å². The van der Waals surface area contributed by atoms with Gasteiger partial charge in [-0.2, -0.15) is 5.26 Å². The molecule has 1 fully saturated rings. The highest BCUT2D eigenvalue weighted by atomic mass is 16.6. The van der Waals surface area contributed by atoms with Crippen molar-refractivity contribution in [2.75, 3.05) is 11.9 Å². The monoisotopic (exact) mass is 251 g/mol. The van der Waals surface area contributed by atoms with Gasteiger partial charge in [0.05, 0.1) is 12.2 Å². The number of anilines is 1. The smallest absolute Gasteiger partial charge is 0.158 e. The van der Waals surface area contributed by atoms with E-state index in [1.54, 1.807) is 12.1 Å². The Morgan fingerprint density at radius 2 is 2.22 bits per heavy atom. The third-order valence-corrected chi connectivity index (χ3v) is 2.75. The molecule has 4 atom stereocenters. The molecule has 7 nitrogen and oxygen atoms in total. The van der Waals surface area contributed by atoms with Crippen LogP contribution in [-0.2, 0) is 4.74 Å². The third-order valence-electron chi connectivity index (χ3n) is 2.75. The van der Waals surface area contributed by atoms with Gasteiger partial charge in [-0.25, -0.2) is 4.98 Å². The van der Waals surface area contributed by atoms with Gasteiger partial charge >= 0.3 is 0 Å². The van der Waals surface area contributed by atoms with Crippen molar-refractivity contribution in [1.82, 2.24) is 4.98 Å². The Morgan fingerprint density at radius 3 is 2.83 bits per heavy atom. The van der Waals surface area contributed by atoms with E-state index in [0.29, 0.717) is 5.56 Å². The maximum Gasteiger partial charge on any atom is 0.158 e. The first-order chi connectivity index (χ1) is 8.67. The van der Waals surface area contributed by atoms with E-state index < -0.39 is 31.1 Å². The van der Waals surface area contributed by atoms with E-state index in [9.17, 15) is 10.2 Å². The first-order valence-electron chi connectivity index (χ1n) is 5.41. The molecule has 0 spiro atoms. The summed E-state index contributed by atoms with van der Waals surface area (Å²) in [7, 11) is 0. The number of nitrogens with zero attached hydrogens (tertiary/aromatic N) is 2. The summed E-state index contributed by atoms with van der Waals surface area (Å²) in [6, 6.07) is 5.12. The van der Waals surface area contributed by atoms with E-state index in [0.717, 1.165) is 0 Å². The quantitative estimate of drug-likeness (QED) is 0.533. The van der Waals surface area contributed by atoms with E-state index in [1.807, 2.05) is 6.07 Å². The molecule has 96 valence electrons. The highest BCUT2D eigenvalue weighted by Crippen LogP contribution is 2.23. The fourth-order valence-electron chi connectivity index (χ4n) is 1.76. The number of aromatic nitrogens is 1. The molecule has 2 heterocycles. The SMILES string of the molecule is N#Cc1cccnc1N[C@@H]1O[C@H](CO)[C@@H](O)[C@H]1O. The zero-order valence-electron chi connectivity index (χ0n) is 9.39. The maximum atomic E-state index is 9.72. The van der Waals surface area contributed by atoms with Crippen LogP contribution in [0.4, 0.5) is 5.82 Å². The Labute approximate surface area is 103 Å². The summed E-state index contributed by atoms with van der Waals surface area (Å²) in [6.07, 6.45) is -2.66. The molecule has 18 heavy (non-hydrogen) atoms. The molecule has 1 aliphatic heterocycles. The van der Waals surface area contributed by atoms with Gasteiger partial charge in [0.2, 0.25) is 0 Å². The van der Waals surface area contributed by atoms with Crippen LogP contribution in [0.1, 0.15) is 5.56 Å². The normalized spacial score (nSPS) is 31.0. The average Bonchev–Trinajstić information content (AvgIpc) is 2.67. The predicted molar refractivity (Wildman–Crippen MR) is 60.3 cm³/mol. The van der Waals surface area contributed by atoms with Crippen molar-refractivity contribution < 1.29 is 20.1 Å². The number of pyridine rings is 1. The Balaban J connectivity index is 2.13. The third kappa shape index (κ3) is 2.27. The number of hydrogen-bond donors (Lipinski definition) is 4. The van der Waals surface area contributed by atoms with Crippen LogP contribution in [0.25, 0.3) is 0 Å². The number of aliphatic hydroxyl groups is 3. The summed E-state index contributed by atoms with van der Waals surface area (Å²) >= 11 is 0. The zero-order chi connectivity index (χ0) is 13.1. The summed E-state index contributed by atoms with van der Waals surface area (Å²) in [5, 5.41) is 39.9. The van der Waals surface area contributed by atoms with Crippen LogP contribution < -0.4 is 5.32 Å². The lowest BCUT2D eigenvalue weighted by Gasteiger charge is -2.17. The van der Waals surface area contributed by atoms with E-state index in [2.05, 4.69) is 10.3 Å². The number of nitriles is 1. The van der Waals surface area contributed by atoms with E-state index in [-0.39, 0.29) is 5.82 Å². The fraction of sp³-hybridized carbons (Fsp3) is 0.455. The number of ether oxygens (including phenoxy) is 1. The van der Waals surface area contributed by atoms with Crippen LogP contribution in [0.5, 0.6) is 0 Å². The van der Waals surface area contributed by atoms with Crippen LogP contribution in [0.3, 0.4) is 0 Å². The van der Waals surface area contributed by atoms with Crippen molar-refractivity contribution in [2.45, 2.75) is 24.5 Å². The van der Waals surface area contributed by atoms with Gasteiger partial charge in [-0.15, -0.1) is 0 Å². The van der Waals surface area contributed by atoms with Gasteiger partial charge in [0.25, 0.3) is 0 Å². The van der Waals surface area contributed by atoms with Crippen LogP contribution in [-0.4, -0.2) is 51.5 Å². The zero-order valence-corrected chi connectivity index (χ0v) is 9.39. The van der Waals surface area contributed by atoms with Crippen LogP contribution in [0.15, 0.2) is 18.3 Å². The molecular formula is C11H13N3O4. The number of nitrogens with one attached hydrogen (secondary N) is 1. The molecule has 1 aromatic heterocycles. The van der Waals surface area contributed by atoms with Crippen molar-refractivity contribution in [2.24, 2.45) is 0 Å². The van der Waals surface area contributed by atoms with Crippen LogP contribution in [0.2, 0.25) is 0 Å². The topological polar surface area (TPSA) is 119 Å². The fourth-order valence-corrected chi connectivity index (χ4v) is 1.76. The first kappa shape index (κ1) is 12.7. The van der Waals surface area contributed by atoms with Crippen molar-refractivity contribution >= 4 is 5.82 Å². The second-order valence-corrected chi connectivity index (χ2v) is 3.91. The van der Waals surface area contributed by atoms with Gasteiger partial charge in [0.1, 0.15) is 30.2 Å². The highest BCUT2D eigenvalue weighted by Gasteiger charge is 2.42. The minimum Gasteiger partial charge on any atom is -0.394 e. The lowest BCUT2D eigenvalue weighted by Crippen LogP contribution is -2.36. The summed E-state index contributed by atoms with van der Waals surface area (Å²) in [5.41, 5.74) is 0.301. The van der Waals surface area contributed by atoms with E-state index in [4.69, 9.17) is 15.1 Å². The highest BCUT2D eigenvalue weighted by molar-refractivity contribution is 5.51. The van der Waals surface area contributed by atoms with Crippen molar-refractivity contribution in [3.05, 3.63) is 23.9 Å². The molecule has 0 amide bonds. The van der Waals surface area contributed by atoms with Gasteiger partial charge in [0, 0.05) is 6.20 Å². The summed E-state index contributed by atoms with van der Waals surface area (Å²) in [5.74, 6) is 0.259. The number of aliphatic hydroxyl groups excluding tert-OH is 3. The van der Waals surface area contributed by atoms with Crippen molar-refractivity contribution in [3.63, 3.8) is 0 Å². The molecule has 1 saturated heterocycles.